The molecule has 0 bridgehead atoms. The van der Waals surface area contributed by atoms with Crippen LogP contribution >= 0.6 is 0 Å². The van der Waals surface area contributed by atoms with Crippen LogP contribution in [0, 0.1) is 0 Å². The van der Waals surface area contributed by atoms with Crippen molar-refractivity contribution in [2.75, 3.05) is 13.1 Å². The van der Waals surface area contributed by atoms with E-state index in [4.69, 9.17) is 10.2 Å². The molecule has 1 aliphatic heterocycles. The number of amides is 3. The molecule has 0 aliphatic carbocycles. The van der Waals surface area contributed by atoms with Gasteiger partial charge in [0, 0.05) is 13.1 Å². The van der Waals surface area contributed by atoms with Gasteiger partial charge in [0.05, 0.1) is 6.42 Å². The Hall–Kier alpha value is -2.32. The number of piperazine rings is 1. The van der Waals surface area contributed by atoms with E-state index < -0.39 is 36.5 Å². The maximum absolute atomic E-state index is 12.0. The maximum Gasteiger partial charge on any atom is 0.326 e. The lowest BCUT2D eigenvalue weighted by molar-refractivity contribution is -0.145. The number of carboxylic acids is 2. The van der Waals surface area contributed by atoms with E-state index in [9.17, 15) is 19.2 Å². The zero-order valence-electron chi connectivity index (χ0n) is 11.0. The van der Waals surface area contributed by atoms with Gasteiger partial charge in [0.15, 0.2) is 0 Å². The quantitative estimate of drug-likeness (QED) is 0.503. The van der Waals surface area contributed by atoms with E-state index in [0.29, 0.717) is 6.42 Å². The van der Waals surface area contributed by atoms with Crippen molar-refractivity contribution in [1.29, 1.82) is 0 Å². The molecule has 1 heterocycles. The van der Waals surface area contributed by atoms with E-state index in [-0.39, 0.29) is 19.0 Å². The largest absolute Gasteiger partial charge is 0.481 e. The molecule has 1 rings (SSSR count). The summed E-state index contributed by atoms with van der Waals surface area (Å²) < 4.78 is 0. The number of nitrogens with one attached hydrogen (secondary N) is 2. The Morgan fingerprint density at radius 3 is 2.60 bits per heavy atom. The van der Waals surface area contributed by atoms with Crippen LogP contribution in [0.15, 0.2) is 0 Å². The van der Waals surface area contributed by atoms with Crippen LogP contribution < -0.4 is 10.6 Å². The molecule has 0 saturated carbocycles. The van der Waals surface area contributed by atoms with Crippen molar-refractivity contribution in [3.05, 3.63) is 0 Å². The normalized spacial score (nSPS) is 19.9. The number of hydrogen-bond acceptors (Lipinski definition) is 4. The van der Waals surface area contributed by atoms with Crippen LogP contribution in [-0.2, 0) is 14.4 Å². The van der Waals surface area contributed by atoms with E-state index in [0.717, 1.165) is 0 Å². The summed E-state index contributed by atoms with van der Waals surface area (Å²) in [6.45, 7) is 2.25. The topological polar surface area (TPSA) is 136 Å². The fourth-order valence-electron chi connectivity index (χ4n) is 1.97. The molecule has 1 saturated heterocycles. The number of nitrogens with zero attached hydrogens (tertiary/aromatic N) is 1. The molecule has 0 aromatic carbocycles. The summed E-state index contributed by atoms with van der Waals surface area (Å²) in [5.74, 6) is -3.07. The average Bonchev–Trinajstić information content (AvgIpc) is 2.36. The Labute approximate surface area is 114 Å². The summed E-state index contributed by atoms with van der Waals surface area (Å²) in [7, 11) is 0. The van der Waals surface area contributed by atoms with Crippen molar-refractivity contribution in [2.24, 2.45) is 0 Å². The summed E-state index contributed by atoms with van der Waals surface area (Å²) in [5.41, 5.74) is 0. The minimum atomic E-state index is -1.53. The number of aliphatic carboxylic acids is 2. The van der Waals surface area contributed by atoms with Crippen molar-refractivity contribution >= 4 is 23.9 Å². The Bertz CT molecular complexity index is 424. The van der Waals surface area contributed by atoms with Crippen LogP contribution in [0.25, 0.3) is 0 Å². The molecule has 112 valence electrons. The minimum absolute atomic E-state index is 0.246. The summed E-state index contributed by atoms with van der Waals surface area (Å²) in [5, 5.41) is 22.2. The molecule has 3 amide bonds. The second-order valence-corrected chi connectivity index (χ2v) is 4.35. The highest BCUT2D eigenvalue weighted by Gasteiger charge is 2.33. The predicted molar refractivity (Wildman–Crippen MR) is 66.0 cm³/mol. The SMILES string of the molecule is CCC1C(=O)NCCN1C(=O)N[C@@H](CC(=O)O)C(=O)O. The number of carbonyl (C=O) groups excluding carboxylic acids is 2. The lowest BCUT2D eigenvalue weighted by Crippen LogP contribution is -2.60. The van der Waals surface area contributed by atoms with Gasteiger partial charge < -0.3 is 25.7 Å². The fourth-order valence-corrected chi connectivity index (χ4v) is 1.97. The summed E-state index contributed by atoms with van der Waals surface area (Å²) in [6, 6.07) is -2.95. The highest BCUT2D eigenvalue weighted by Crippen LogP contribution is 2.09. The first-order valence-corrected chi connectivity index (χ1v) is 6.16. The lowest BCUT2D eigenvalue weighted by atomic mass is 10.1. The van der Waals surface area contributed by atoms with Gasteiger partial charge in [-0.1, -0.05) is 6.92 Å². The molecule has 0 aromatic rings. The minimum Gasteiger partial charge on any atom is -0.481 e. The molecular weight excluding hydrogens is 270 g/mol. The van der Waals surface area contributed by atoms with Gasteiger partial charge in [0.25, 0.3) is 0 Å². The van der Waals surface area contributed by atoms with Gasteiger partial charge in [0.2, 0.25) is 5.91 Å². The van der Waals surface area contributed by atoms with Crippen molar-refractivity contribution in [3.63, 3.8) is 0 Å². The fraction of sp³-hybridized carbons (Fsp3) is 0.636. The number of rotatable bonds is 5. The Morgan fingerprint density at radius 1 is 1.45 bits per heavy atom. The van der Waals surface area contributed by atoms with E-state index >= 15 is 0 Å². The Balaban J connectivity index is 2.74. The van der Waals surface area contributed by atoms with Crippen LogP contribution in [0.1, 0.15) is 19.8 Å². The first-order chi connectivity index (χ1) is 9.36. The number of carboxylic acid groups (broad SMARTS) is 2. The molecule has 20 heavy (non-hydrogen) atoms. The molecule has 1 aliphatic rings. The molecular formula is C11H17N3O6. The summed E-state index contributed by atoms with van der Waals surface area (Å²) in [4.78, 5) is 46.2. The standard InChI is InChI=1S/C11H17N3O6/c1-2-7-9(17)12-3-4-14(7)11(20)13-6(10(18)19)5-8(15)16/h6-7H,2-5H2,1H3,(H,12,17)(H,13,20)(H,15,16)(H,18,19)/t6-,7?/m0/s1. The zero-order chi connectivity index (χ0) is 15.3. The van der Waals surface area contributed by atoms with Crippen LogP contribution in [0.2, 0.25) is 0 Å². The Kier molecular flexibility index (Phi) is 5.30. The molecule has 1 fully saturated rings. The van der Waals surface area contributed by atoms with Crippen LogP contribution in [-0.4, -0.2) is 64.2 Å². The number of urea groups is 1. The van der Waals surface area contributed by atoms with Crippen molar-refractivity contribution in [2.45, 2.75) is 31.8 Å². The number of hydrogen-bond donors (Lipinski definition) is 4. The third kappa shape index (κ3) is 3.84. The molecule has 2 atom stereocenters. The summed E-state index contributed by atoms with van der Waals surface area (Å²) in [6.07, 6.45) is -0.339. The van der Waals surface area contributed by atoms with Gasteiger partial charge in [0.1, 0.15) is 12.1 Å². The van der Waals surface area contributed by atoms with Crippen molar-refractivity contribution in [3.8, 4) is 0 Å². The molecule has 9 nitrogen and oxygen atoms in total. The van der Waals surface area contributed by atoms with Crippen LogP contribution in [0.4, 0.5) is 4.79 Å². The second kappa shape index (κ2) is 6.73. The van der Waals surface area contributed by atoms with Gasteiger partial charge in [-0.3, -0.25) is 9.59 Å². The van der Waals surface area contributed by atoms with Gasteiger partial charge >= 0.3 is 18.0 Å². The summed E-state index contributed by atoms with van der Waals surface area (Å²) >= 11 is 0. The molecule has 0 spiro atoms. The third-order valence-corrected chi connectivity index (χ3v) is 2.95. The van der Waals surface area contributed by atoms with E-state index in [1.807, 2.05) is 0 Å². The zero-order valence-corrected chi connectivity index (χ0v) is 11.0. The monoisotopic (exact) mass is 287 g/mol. The molecule has 0 aromatic heterocycles. The smallest absolute Gasteiger partial charge is 0.326 e. The first kappa shape index (κ1) is 15.7. The lowest BCUT2D eigenvalue weighted by Gasteiger charge is -2.35. The van der Waals surface area contributed by atoms with Crippen molar-refractivity contribution in [1.82, 2.24) is 15.5 Å². The van der Waals surface area contributed by atoms with Crippen molar-refractivity contribution < 1.29 is 29.4 Å². The highest BCUT2D eigenvalue weighted by atomic mass is 16.4. The molecule has 1 unspecified atom stereocenters. The molecule has 4 N–H and O–H groups in total. The van der Waals surface area contributed by atoms with Gasteiger partial charge in [-0.05, 0) is 6.42 Å². The molecule has 0 radical (unpaired) electrons. The van der Waals surface area contributed by atoms with E-state index in [1.165, 1.54) is 4.90 Å². The van der Waals surface area contributed by atoms with Gasteiger partial charge in [-0.25, -0.2) is 9.59 Å². The van der Waals surface area contributed by atoms with E-state index in [2.05, 4.69) is 10.6 Å². The maximum atomic E-state index is 12.0. The first-order valence-electron chi connectivity index (χ1n) is 6.16. The average molecular weight is 287 g/mol. The third-order valence-electron chi connectivity index (χ3n) is 2.95. The Morgan fingerprint density at radius 2 is 2.10 bits per heavy atom. The van der Waals surface area contributed by atoms with E-state index in [1.54, 1.807) is 6.92 Å². The molecule has 9 heteroatoms. The number of carbonyl (C=O) groups is 4. The van der Waals surface area contributed by atoms with Gasteiger partial charge in [-0.15, -0.1) is 0 Å². The highest BCUT2D eigenvalue weighted by molar-refractivity contribution is 5.90. The van der Waals surface area contributed by atoms with Crippen LogP contribution in [0.5, 0.6) is 0 Å². The second-order valence-electron chi connectivity index (χ2n) is 4.35. The predicted octanol–water partition coefficient (Wildman–Crippen LogP) is -1.17. The van der Waals surface area contributed by atoms with Crippen LogP contribution in [0.3, 0.4) is 0 Å². The van der Waals surface area contributed by atoms with Gasteiger partial charge in [-0.2, -0.15) is 0 Å².